The molecule has 0 heterocycles. The van der Waals surface area contributed by atoms with Crippen LogP contribution in [-0.2, 0) is 4.74 Å². The fraction of sp³-hybridized carbons (Fsp3) is 0.273. The number of anilines is 1. The van der Waals surface area contributed by atoms with Crippen LogP contribution in [0.2, 0.25) is 0 Å². The normalized spacial score (nSPS) is 9.94. The van der Waals surface area contributed by atoms with Crippen LogP contribution in [0.25, 0.3) is 0 Å². The molecule has 1 rings (SSSR count). The van der Waals surface area contributed by atoms with Crippen LogP contribution in [-0.4, -0.2) is 23.3 Å². The Morgan fingerprint density at radius 3 is 2.25 bits per heavy atom. The van der Waals surface area contributed by atoms with Crippen molar-refractivity contribution in [2.24, 2.45) is 0 Å². The summed E-state index contributed by atoms with van der Waals surface area (Å²) in [4.78, 5) is 21.8. The minimum absolute atomic E-state index is 0.169. The Hall–Kier alpha value is -2.04. The fourth-order valence-corrected chi connectivity index (χ4v) is 1.06. The number of hydrogen-bond donors (Lipinski definition) is 2. The average Bonchev–Trinajstić information content (AvgIpc) is 2.16. The molecule has 0 spiro atoms. The number of nitrogens with one attached hydrogen (secondary N) is 1. The van der Waals surface area contributed by atoms with Crippen molar-refractivity contribution in [1.29, 1.82) is 0 Å². The number of benzene rings is 1. The minimum atomic E-state index is -1.00. The molecular formula is C11H13NO4. The maximum atomic E-state index is 11.2. The predicted molar refractivity (Wildman–Crippen MR) is 58.6 cm³/mol. The summed E-state index contributed by atoms with van der Waals surface area (Å²) in [6.45, 7) is 3.49. The molecule has 1 amide bonds. The van der Waals surface area contributed by atoms with Gasteiger partial charge in [0.2, 0.25) is 0 Å². The third-order valence-corrected chi connectivity index (χ3v) is 1.72. The molecule has 0 aliphatic rings. The van der Waals surface area contributed by atoms with Gasteiger partial charge in [-0.3, -0.25) is 5.32 Å². The fourth-order valence-electron chi connectivity index (χ4n) is 1.06. The zero-order valence-electron chi connectivity index (χ0n) is 9.06. The van der Waals surface area contributed by atoms with Gasteiger partial charge in [-0.2, -0.15) is 0 Å². The van der Waals surface area contributed by atoms with Crippen molar-refractivity contribution in [3.63, 3.8) is 0 Å². The highest BCUT2D eigenvalue weighted by Crippen LogP contribution is 2.10. The van der Waals surface area contributed by atoms with Crippen LogP contribution < -0.4 is 5.32 Å². The van der Waals surface area contributed by atoms with Crippen LogP contribution in [0.3, 0.4) is 0 Å². The molecule has 1 aromatic carbocycles. The summed E-state index contributed by atoms with van der Waals surface area (Å²) in [5, 5.41) is 11.1. The number of aromatic carboxylic acids is 1. The highest BCUT2D eigenvalue weighted by atomic mass is 16.6. The second-order valence-electron chi connectivity index (χ2n) is 3.46. The van der Waals surface area contributed by atoms with Crippen LogP contribution >= 0.6 is 0 Å². The van der Waals surface area contributed by atoms with E-state index in [2.05, 4.69) is 5.32 Å². The first-order valence-electron chi connectivity index (χ1n) is 4.80. The first-order chi connectivity index (χ1) is 7.49. The first kappa shape index (κ1) is 12.0. The Balaban J connectivity index is 2.62. The Morgan fingerprint density at radius 1 is 1.25 bits per heavy atom. The van der Waals surface area contributed by atoms with Crippen molar-refractivity contribution >= 4 is 17.7 Å². The third kappa shape index (κ3) is 3.61. The second kappa shape index (κ2) is 5.16. The van der Waals surface area contributed by atoms with Gasteiger partial charge in [0, 0.05) is 5.69 Å². The van der Waals surface area contributed by atoms with Crippen molar-refractivity contribution < 1.29 is 19.4 Å². The zero-order valence-corrected chi connectivity index (χ0v) is 9.06. The Kier molecular flexibility index (Phi) is 3.88. The molecule has 0 aliphatic heterocycles. The molecule has 0 saturated carbocycles. The number of ether oxygens (including phenoxy) is 1. The highest BCUT2D eigenvalue weighted by Gasteiger charge is 2.06. The lowest BCUT2D eigenvalue weighted by Gasteiger charge is -2.09. The number of amides is 1. The van der Waals surface area contributed by atoms with Crippen molar-refractivity contribution in [2.75, 3.05) is 5.32 Å². The van der Waals surface area contributed by atoms with Gasteiger partial charge in [-0.15, -0.1) is 0 Å². The standard InChI is InChI=1S/C11H13NO4/c1-7(2)16-11(15)12-9-5-3-8(4-6-9)10(13)14/h3-7H,1-2H3,(H,12,15)(H,13,14). The van der Waals surface area contributed by atoms with Gasteiger partial charge in [0.05, 0.1) is 11.7 Å². The summed E-state index contributed by atoms with van der Waals surface area (Å²) in [5.41, 5.74) is 0.665. The quantitative estimate of drug-likeness (QED) is 0.824. The van der Waals surface area contributed by atoms with Gasteiger partial charge in [-0.1, -0.05) is 0 Å². The van der Waals surface area contributed by atoms with E-state index >= 15 is 0 Å². The van der Waals surface area contributed by atoms with Crippen LogP contribution in [0.4, 0.5) is 10.5 Å². The van der Waals surface area contributed by atoms with Crippen LogP contribution in [0.5, 0.6) is 0 Å². The van der Waals surface area contributed by atoms with Crippen LogP contribution in [0, 0.1) is 0 Å². The predicted octanol–water partition coefficient (Wildman–Crippen LogP) is 2.34. The summed E-state index contributed by atoms with van der Waals surface area (Å²) in [7, 11) is 0. The van der Waals surface area contributed by atoms with E-state index in [0.717, 1.165) is 0 Å². The van der Waals surface area contributed by atoms with E-state index in [-0.39, 0.29) is 11.7 Å². The van der Waals surface area contributed by atoms with E-state index < -0.39 is 12.1 Å². The SMILES string of the molecule is CC(C)OC(=O)Nc1ccc(C(=O)O)cc1. The van der Waals surface area contributed by atoms with E-state index in [9.17, 15) is 9.59 Å². The Bertz CT molecular complexity index is 383. The maximum absolute atomic E-state index is 11.2. The van der Waals surface area contributed by atoms with E-state index in [0.29, 0.717) is 5.69 Å². The van der Waals surface area contributed by atoms with Gasteiger partial charge >= 0.3 is 12.1 Å². The molecule has 0 aliphatic carbocycles. The molecule has 16 heavy (non-hydrogen) atoms. The van der Waals surface area contributed by atoms with Gasteiger partial charge in [0.25, 0.3) is 0 Å². The van der Waals surface area contributed by atoms with Crippen LogP contribution in [0.15, 0.2) is 24.3 Å². The first-order valence-corrected chi connectivity index (χ1v) is 4.80. The molecule has 0 atom stereocenters. The number of hydrogen-bond acceptors (Lipinski definition) is 3. The number of carboxylic acid groups (broad SMARTS) is 1. The lowest BCUT2D eigenvalue weighted by Crippen LogP contribution is -2.17. The number of rotatable bonds is 3. The molecule has 1 aromatic rings. The lowest BCUT2D eigenvalue weighted by molar-refractivity contribution is 0.0697. The molecule has 0 bridgehead atoms. The van der Waals surface area contributed by atoms with E-state index in [1.165, 1.54) is 24.3 Å². The lowest BCUT2D eigenvalue weighted by atomic mass is 10.2. The van der Waals surface area contributed by atoms with Gasteiger partial charge < -0.3 is 9.84 Å². The number of carbonyl (C=O) groups is 2. The largest absolute Gasteiger partial charge is 0.478 e. The third-order valence-electron chi connectivity index (χ3n) is 1.72. The van der Waals surface area contributed by atoms with Gasteiger partial charge in [0.1, 0.15) is 0 Å². The molecule has 5 heteroatoms. The molecule has 0 aromatic heterocycles. The molecule has 0 unspecified atom stereocenters. The van der Waals surface area contributed by atoms with Gasteiger partial charge in [-0.25, -0.2) is 9.59 Å². The molecule has 0 saturated heterocycles. The van der Waals surface area contributed by atoms with E-state index in [4.69, 9.17) is 9.84 Å². The van der Waals surface area contributed by atoms with Crippen molar-refractivity contribution in [2.45, 2.75) is 20.0 Å². The number of carbonyl (C=O) groups excluding carboxylic acids is 1. The molecule has 86 valence electrons. The topological polar surface area (TPSA) is 75.6 Å². The summed E-state index contributed by atoms with van der Waals surface area (Å²) >= 11 is 0. The van der Waals surface area contributed by atoms with Crippen LogP contribution in [0.1, 0.15) is 24.2 Å². The molecular weight excluding hydrogens is 210 g/mol. The Labute approximate surface area is 93.0 Å². The summed E-state index contributed by atoms with van der Waals surface area (Å²) in [6.07, 6.45) is -0.753. The van der Waals surface area contributed by atoms with Crippen molar-refractivity contribution in [3.05, 3.63) is 29.8 Å². The Morgan fingerprint density at radius 2 is 1.81 bits per heavy atom. The van der Waals surface area contributed by atoms with E-state index in [1.807, 2.05) is 0 Å². The number of carboxylic acids is 1. The zero-order chi connectivity index (χ0) is 12.1. The summed E-state index contributed by atoms with van der Waals surface area (Å²) < 4.78 is 4.87. The maximum Gasteiger partial charge on any atom is 0.411 e. The highest BCUT2D eigenvalue weighted by molar-refractivity contribution is 5.89. The van der Waals surface area contributed by atoms with Crippen molar-refractivity contribution in [3.8, 4) is 0 Å². The average molecular weight is 223 g/mol. The van der Waals surface area contributed by atoms with Gasteiger partial charge in [-0.05, 0) is 38.1 Å². The molecule has 0 fully saturated rings. The summed E-state index contributed by atoms with van der Waals surface area (Å²) in [6, 6.07) is 5.83. The monoisotopic (exact) mass is 223 g/mol. The minimum Gasteiger partial charge on any atom is -0.478 e. The van der Waals surface area contributed by atoms with E-state index in [1.54, 1.807) is 13.8 Å². The smallest absolute Gasteiger partial charge is 0.411 e. The molecule has 2 N–H and O–H groups in total. The summed E-state index contributed by atoms with van der Waals surface area (Å²) in [5.74, 6) is -1.00. The van der Waals surface area contributed by atoms with Crippen molar-refractivity contribution in [1.82, 2.24) is 0 Å². The second-order valence-corrected chi connectivity index (χ2v) is 3.46. The molecule has 0 radical (unpaired) electrons. The van der Waals surface area contributed by atoms with Gasteiger partial charge in [0.15, 0.2) is 0 Å². The molecule has 5 nitrogen and oxygen atoms in total.